The van der Waals surface area contributed by atoms with E-state index in [1.54, 1.807) is 6.92 Å². The van der Waals surface area contributed by atoms with Gasteiger partial charge in [-0.3, -0.25) is 9.59 Å². The third kappa shape index (κ3) is 3.47. The quantitative estimate of drug-likeness (QED) is 0.830. The Labute approximate surface area is 120 Å². The molecule has 108 valence electrons. The number of hydrogen-bond donors (Lipinski definition) is 1. The van der Waals surface area contributed by atoms with Crippen molar-refractivity contribution in [2.24, 2.45) is 5.92 Å². The molecule has 1 aliphatic carbocycles. The van der Waals surface area contributed by atoms with E-state index in [4.69, 9.17) is 0 Å². The second-order valence-electron chi connectivity index (χ2n) is 5.76. The molecule has 0 bridgehead atoms. The molecule has 0 spiro atoms. The fraction of sp³-hybridized carbons (Fsp3) is 0.529. The van der Waals surface area contributed by atoms with E-state index in [0.717, 1.165) is 32.1 Å². The Hall–Kier alpha value is -1.64. The second-order valence-corrected chi connectivity index (χ2v) is 5.76. The zero-order chi connectivity index (χ0) is 14.6. The molecule has 20 heavy (non-hydrogen) atoms. The van der Waals surface area contributed by atoms with E-state index in [0.29, 0.717) is 0 Å². The van der Waals surface area contributed by atoms with Crippen LogP contribution in [0.1, 0.15) is 45.1 Å². The van der Waals surface area contributed by atoms with Crippen LogP contribution in [0.3, 0.4) is 0 Å². The summed E-state index contributed by atoms with van der Waals surface area (Å²) < 4.78 is 0. The summed E-state index contributed by atoms with van der Waals surface area (Å²) in [7, 11) is 0. The first-order valence-corrected chi connectivity index (χ1v) is 7.44. The van der Waals surface area contributed by atoms with Gasteiger partial charge in [-0.05, 0) is 44.6 Å². The van der Waals surface area contributed by atoms with Crippen LogP contribution in [0, 0.1) is 5.92 Å². The summed E-state index contributed by atoms with van der Waals surface area (Å²) in [5, 5.41) is 2.97. The summed E-state index contributed by atoms with van der Waals surface area (Å²) in [4.78, 5) is 23.8. The predicted octanol–water partition coefficient (Wildman–Crippen LogP) is 2.88. The van der Waals surface area contributed by atoms with Crippen LogP contribution < -0.4 is 5.32 Å². The van der Waals surface area contributed by atoms with Crippen LogP contribution >= 0.6 is 0 Å². The minimum atomic E-state index is -0.531. The Kier molecular flexibility index (Phi) is 4.58. The number of aryl methyl sites for hydroxylation is 1. The van der Waals surface area contributed by atoms with Gasteiger partial charge in [0.1, 0.15) is 0 Å². The molecule has 0 saturated heterocycles. The Balaban J connectivity index is 1.88. The maximum Gasteiger partial charge on any atom is 0.223 e. The lowest BCUT2D eigenvalue weighted by atomic mass is 9.95. The Bertz CT molecular complexity index is 477. The van der Waals surface area contributed by atoms with Crippen LogP contribution in [0.25, 0.3) is 0 Å². The molecule has 1 N–H and O–H groups in total. The lowest BCUT2D eigenvalue weighted by Crippen LogP contribution is -2.44. The first kappa shape index (κ1) is 14.8. The molecule has 1 aromatic rings. The standard InChI is InChI=1S/C17H23NO2/c1-3-15(10-9-14-7-5-4-6-8-14)16(20)18-17(11-12-17)13(2)19/h4-8,15H,3,9-12H2,1-2H3,(H,18,20). The predicted molar refractivity (Wildman–Crippen MR) is 79.3 cm³/mol. The number of nitrogens with one attached hydrogen (secondary N) is 1. The van der Waals surface area contributed by atoms with Crippen LogP contribution in [0.4, 0.5) is 0 Å². The van der Waals surface area contributed by atoms with Crippen molar-refractivity contribution in [2.45, 2.75) is 51.5 Å². The number of carbonyl (C=O) groups is 2. The van der Waals surface area contributed by atoms with Crippen molar-refractivity contribution in [3.63, 3.8) is 0 Å². The highest BCUT2D eigenvalue weighted by Gasteiger charge is 2.49. The molecule has 1 aliphatic rings. The normalized spacial score (nSPS) is 17.3. The largest absolute Gasteiger partial charge is 0.343 e. The number of hydrogen-bond acceptors (Lipinski definition) is 2. The first-order valence-electron chi connectivity index (χ1n) is 7.44. The monoisotopic (exact) mass is 273 g/mol. The summed E-state index contributed by atoms with van der Waals surface area (Å²) in [6.07, 6.45) is 4.14. The summed E-state index contributed by atoms with van der Waals surface area (Å²) in [6, 6.07) is 10.2. The van der Waals surface area contributed by atoms with Crippen LogP contribution in [-0.4, -0.2) is 17.2 Å². The van der Waals surface area contributed by atoms with E-state index in [2.05, 4.69) is 17.4 Å². The van der Waals surface area contributed by atoms with E-state index in [9.17, 15) is 9.59 Å². The van der Waals surface area contributed by atoms with E-state index >= 15 is 0 Å². The van der Waals surface area contributed by atoms with Crippen molar-refractivity contribution in [3.8, 4) is 0 Å². The van der Waals surface area contributed by atoms with E-state index < -0.39 is 5.54 Å². The number of amides is 1. The first-order chi connectivity index (χ1) is 9.57. The lowest BCUT2D eigenvalue weighted by molar-refractivity contribution is -0.130. The van der Waals surface area contributed by atoms with Crippen LogP contribution in [0.2, 0.25) is 0 Å². The molecule has 1 amide bonds. The molecule has 2 rings (SSSR count). The number of Topliss-reactive ketones (excluding diaryl/α,β-unsaturated/α-hetero) is 1. The molecule has 0 aliphatic heterocycles. The number of benzene rings is 1. The zero-order valence-corrected chi connectivity index (χ0v) is 12.3. The third-order valence-corrected chi connectivity index (χ3v) is 4.27. The van der Waals surface area contributed by atoms with Crippen molar-refractivity contribution < 1.29 is 9.59 Å². The van der Waals surface area contributed by atoms with Gasteiger partial charge in [-0.2, -0.15) is 0 Å². The average molecular weight is 273 g/mol. The number of ketones is 1. The van der Waals surface area contributed by atoms with Crippen LogP contribution in [0.15, 0.2) is 30.3 Å². The lowest BCUT2D eigenvalue weighted by Gasteiger charge is -2.19. The minimum Gasteiger partial charge on any atom is -0.343 e. The number of carbonyl (C=O) groups excluding carboxylic acids is 2. The molecule has 0 radical (unpaired) electrons. The number of rotatable bonds is 7. The van der Waals surface area contributed by atoms with Gasteiger partial charge in [-0.15, -0.1) is 0 Å². The smallest absolute Gasteiger partial charge is 0.223 e. The molecular weight excluding hydrogens is 250 g/mol. The SMILES string of the molecule is CCC(CCc1ccccc1)C(=O)NC1(C(C)=O)CC1. The van der Waals surface area contributed by atoms with Crippen LogP contribution in [-0.2, 0) is 16.0 Å². The molecule has 0 aromatic heterocycles. The molecule has 1 unspecified atom stereocenters. The van der Waals surface area contributed by atoms with Gasteiger partial charge in [-0.1, -0.05) is 37.3 Å². The maximum atomic E-state index is 12.3. The molecule has 3 nitrogen and oxygen atoms in total. The highest BCUT2D eigenvalue weighted by atomic mass is 16.2. The summed E-state index contributed by atoms with van der Waals surface area (Å²) in [6.45, 7) is 3.60. The summed E-state index contributed by atoms with van der Waals surface area (Å²) in [5.41, 5.74) is 0.725. The van der Waals surface area contributed by atoms with Crippen LogP contribution in [0.5, 0.6) is 0 Å². The van der Waals surface area contributed by atoms with Crippen molar-refractivity contribution in [1.82, 2.24) is 5.32 Å². The van der Waals surface area contributed by atoms with Gasteiger partial charge in [0.15, 0.2) is 5.78 Å². The topological polar surface area (TPSA) is 46.2 Å². The zero-order valence-electron chi connectivity index (χ0n) is 12.3. The average Bonchev–Trinajstić information content (AvgIpc) is 3.21. The van der Waals surface area contributed by atoms with Gasteiger partial charge in [0, 0.05) is 5.92 Å². The van der Waals surface area contributed by atoms with Crippen molar-refractivity contribution in [1.29, 1.82) is 0 Å². The summed E-state index contributed by atoms with van der Waals surface area (Å²) in [5.74, 6) is 0.118. The highest BCUT2D eigenvalue weighted by Crippen LogP contribution is 2.36. The minimum absolute atomic E-state index is 0.00738. The Morgan fingerprint density at radius 2 is 1.90 bits per heavy atom. The molecule has 1 aromatic carbocycles. The highest BCUT2D eigenvalue weighted by molar-refractivity contribution is 5.94. The van der Waals surface area contributed by atoms with Gasteiger partial charge in [-0.25, -0.2) is 0 Å². The fourth-order valence-corrected chi connectivity index (χ4v) is 2.53. The van der Waals surface area contributed by atoms with E-state index in [1.165, 1.54) is 5.56 Å². The fourth-order valence-electron chi connectivity index (χ4n) is 2.53. The van der Waals surface area contributed by atoms with Crippen molar-refractivity contribution in [3.05, 3.63) is 35.9 Å². The van der Waals surface area contributed by atoms with Gasteiger partial charge in [0.05, 0.1) is 5.54 Å². The van der Waals surface area contributed by atoms with Crippen molar-refractivity contribution in [2.75, 3.05) is 0 Å². The van der Waals surface area contributed by atoms with E-state index in [1.807, 2.05) is 25.1 Å². The molecule has 1 saturated carbocycles. The second kappa shape index (κ2) is 6.21. The van der Waals surface area contributed by atoms with Gasteiger partial charge < -0.3 is 5.32 Å². The molecule has 0 heterocycles. The Morgan fingerprint density at radius 3 is 2.40 bits per heavy atom. The van der Waals surface area contributed by atoms with E-state index in [-0.39, 0.29) is 17.6 Å². The molecule has 1 fully saturated rings. The maximum absolute atomic E-state index is 12.3. The third-order valence-electron chi connectivity index (χ3n) is 4.27. The molecule has 3 heteroatoms. The van der Waals surface area contributed by atoms with Crippen molar-refractivity contribution >= 4 is 11.7 Å². The van der Waals surface area contributed by atoms with Gasteiger partial charge in [0.2, 0.25) is 5.91 Å². The Morgan fingerprint density at radius 1 is 1.25 bits per heavy atom. The molecular formula is C17H23NO2. The molecule has 1 atom stereocenters. The van der Waals surface area contributed by atoms with Gasteiger partial charge in [0.25, 0.3) is 0 Å². The summed E-state index contributed by atoms with van der Waals surface area (Å²) >= 11 is 0. The van der Waals surface area contributed by atoms with Gasteiger partial charge >= 0.3 is 0 Å².